The third-order valence-corrected chi connectivity index (χ3v) is 7.53. The molecule has 1 saturated heterocycles. The number of para-hydroxylation sites is 1. The fourth-order valence-electron chi connectivity index (χ4n) is 4.71. The van der Waals surface area contributed by atoms with Crippen molar-refractivity contribution < 1.29 is 14.7 Å². The van der Waals surface area contributed by atoms with Crippen LogP contribution < -0.4 is 11.2 Å². The van der Waals surface area contributed by atoms with Crippen LogP contribution in [0.4, 0.5) is 0 Å². The van der Waals surface area contributed by atoms with Gasteiger partial charge in [-0.1, -0.05) is 32.0 Å². The van der Waals surface area contributed by atoms with Crippen LogP contribution in [0.1, 0.15) is 40.3 Å². The molecule has 188 valence electrons. The first-order valence-electron chi connectivity index (χ1n) is 11.9. The molecule has 1 aliphatic rings. The van der Waals surface area contributed by atoms with Gasteiger partial charge in [0, 0.05) is 36.0 Å². The van der Waals surface area contributed by atoms with Crippen LogP contribution in [0.25, 0.3) is 21.1 Å². The zero-order chi connectivity index (χ0) is 25.7. The van der Waals surface area contributed by atoms with Crippen LogP contribution in [0.2, 0.25) is 0 Å². The van der Waals surface area contributed by atoms with Crippen LogP contribution in [0.3, 0.4) is 0 Å². The summed E-state index contributed by atoms with van der Waals surface area (Å²) in [5, 5.41) is 12.2. The van der Waals surface area contributed by atoms with Gasteiger partial charge in [-0.05, 0) is 30.5 Å². The number of pyridine rings is 1. The Kier molecular flexibility index (Phi) is 6.27. The summed E-state index contributed by atoms with van der Waals surface area (Å²) >= 11 is 1.29. The summed E-state index contributed by atoms with van der Waals surface area (Å²) in [6.45, 7) is 6.34. The van der Waals surface area contributed by atoms with Crippen LogP contribution in [0.5, 0.6) is 0 Å². The van der Waals surface area contributed by atoms with Gasteiger partial charge in [0.05, 0.1) is 23.0 Å². The summed E-state index contributed by atoms with van der Waals surface area (Å²) in [6.07, 6.45) is -0.421. The van der Waals surface area contributed by atoms with E-state index in [0.29, 0.717) is 22.7 Å². The Morgan fingerprint density at radius 1 is 1.28 bits per heavy atom. The molecule has 1 amide bonds. The van der Waals surface area contributed by atoms with Gasteiger partial charge in [0.2, 0.25) is 0 Å². The predicted octanol–water partition coefficient (Wildman–Crippen LogP) is 2.61. The number of thiophene rings is 1. The highest BCUT2D eigenvalue weighted by Gasteiger charge is 2.33. The van der Waals surface area contributed by atoms with Gasteiger partial charge in [0.25, 0.3) is 11.5 Å². The minimum absolute atomic E-state index is 0.00734. The second kappa shape index (κ2) is 9.27. The first-order valence-corrected chi connectivity index (χ1v) is 12.7. The Morgan fingerprint density at radius 2 is 2.03 bits per heavy atom. The smallest absolute Gasteiger partial charge is 0.331 e. The molecule has 9 nitrogen and oxygen atoms in total. The van der Waals surface area contributed by atoms with Crippen LogP contribution in [-0.4, -0.2) is 49.5 Å². The highest BCUT2D eigenvalue weighted by atomic mass is 32.1. The Balaban J connectivity index is 1.79. The van der Waals surface area contributed by atoms with E-state index in [1.807, 2.05) is 51.1 Å². The van der Waals surface area contributed by atoms with E-state index in [1.54, 1.807) is 4.57 Å². The SMILES string of the molecule is Cc1cc(Cc2sc3c(c2C(=O)N2C[C@H](O)CO2)c(=O)n(C)c(=O)n3CC(C)C)c2ccccc2n1. The summed E-state index contributed by atoms with van der Waals surface area (Å²) in [4.78, 5) is 51.4. The molecule has 0 bridgehead atoms. The zero-order valence-corrected chi connectivity index (χ0v) is 21.5. The van der Waals surface area contributed by atoms with Crippen molar-refractivity contribution in [2.45, 2.75) is 39.8 Å². The number of fused-ring (bicyclic) bond motifs is 2. The lowest BCUT2D eigenvalue weighted by molar-refractivity contribution is -0.0778. The molecule has 0 unspecified atom stereocenters. The van der Waals surface area contributed by atoms with E-state index in [2.05, 4.69) is 4.98 Å². The normalized spacial score (nSPS) is 16.1. The Morgan fingerprint density at radius 3 is 2.72 bits per heavy atom. The highest BCUT2D eigenvalue weighted by molar-refractivity contribution is 7.19. The average Bonchev–Trinajstić information content (AvgIpc) is 3.43. The van der Waals surface area contributed by atoms with E-state index in [-0.39, 0.29) is 30.0 Å². The number of aromatic nitrogens is 3. The Hall–Kier alpha value is -3.34. The summed E-state index contributed by atoms with van der Waals surface area (Å²) in [6, 6.07) is 9.78. The maximum Gasteiger partial charge on any atom is 0.331 e. The summed E-state index contributed by atoms with van der Waals surface area (Å²) in [7, 11) is 1.43. The monoisotopic (exact) mass is 508 g/mol. The molecule has 4 aromatic rings. The van der Waals surface area contributed by atoms with Crippen molar-refractivity contribution in [1.29, 1.82) is 0 Å². The minimum Gasteiger partial charge on any atom is -0.389 e. The fourth-order valence-corrected chi connectivity index (χ4v) is 6.01. The van der Waals surface area contributed by atoms with Crippen LogP contribution in [0, 0.1) is 12.8 Å². The lowest BCUT2D eigenvalue weighted by atomic mass is 10.0. The van der Waals surface area contributed by atoms with Crippen molar-refractivity contribution in [2.24, 2.45) is 13.0 Å². The zero-order valence-electron chi connectivity index (χ0n) is 20.6. The number of carbonyl (C=O) groups is 1. The quantitative estimate of drug-likeness (QED) is 0.444. The molecule has 0 aliphatic carbocycles. The average molecular weight is 509 g/mol. The number of carbonyl (C=O) groups excluding carboxylic acids is 1. The number of rotatable bonds is 5. The number of nitrogens with zero attached hydrogens (tertiary/aromatic N) is 4. The third-order valence-electron chi connectivity index (χ3n) is 6.31. The maximum atomic E-state index is 13.7. The van der Waals surface area contributed by atoms with E-state index in [1.165, 1.54) is 18.4 Å². The molecule has 4 heterocycles. The van der Waals surface area contributed by atoms with Crippen LogP contribution in [-0.2, 0) is 24.9 Å². The lowest BCUT2D eigenvalue weighted by Crippen LogP contribution is -2.39. The van der Waals surface area contributed by atoms with Gasteiger partial charge >= 0.3 is 5.69 Å². The van der Waals surface area contributed by atoms with Crippen molar-refractivity contribution in [3.63, 3.8) is 0 Å². The number of aryl methyl sites for hydroxylation is 1. The molecule has 1 atom stereocenters. The molecule has 1 fully saturated rings. The molecule has 10 heteroatoms. The van der Waals surface area contributed by atoms with Gasteiger partial charge < -0.3 is 5.11 Å². The number of benzene rings is 1. The summed E-state index contributed by atoms with van der Waals surface area (Å²) in [5.74, 6) is -0.341. The molecule has 1 aromatic carbocycles. The molecule has 0 spiro atoms. The number of β-amino-alcohol motifs (C(OH)–C–C–N with tert-alkyl or cyclic N) is 1. The molecule has 0 radical (unpaired) electrons. The second-order valence-electron chi connectivity index (χ2n) is 9.66. The standard InChI is InChI=1S/C26H28N4O5S/c1-14(2)11-29-25-22(23(32)28(4)26(29)34)21(24(33)30-12-17(31)13-35-30)20(36-25)10-16-9-15(3)27-19-8-6-5-7-18(16)19/h5-9,14,17,31H,10-13H2,1-4H3/t17-/m0/s1. The van der Waals surface area contributed by atoms with Gasteiger partial charge in [-0.3, -0.25) is 28.5 Å². The van der Waals surface area contributed by atoms with Gasteiger partial charge in [-0.15, -0.1) is 11.3 Å². The van der Waals surface area contributed by atoms with Crippen LogP contribution in [0.15, 0.2) is 39.9 Å². The van der Waals surface area contributed by atoms with Crippen molar-refractivity contribution in [3.8, 4) is 0 Å². The molecular weight excluding hydrogens is 480 g/mol. The van der Waals surface area contributed by atoms with E-state index in [0.717, 1.165) is 31.8 Å². The van der Waals surface area contributed by atoms with Crippen molar-refractivity contribution >= 4 is 38.4 Å². The van der Waals surface area contributed by atoms with E-state index >= 15 is 0 Å². The molecule has 1 N–H and O–H groups in total. The topological polar surface area (TPSA) is 107 Å². The second-order valence-corrected chi connectivity index (χ2v) is 10.7. The number of hydrogen-bond acceptors (Lipinski definition) is 7. The summed E-state index contributed by atoms with van der Waals surface area (Å²) < 4.78 is 2.64. The lowest BCUT2D eigenvalue weighted by Gasteiger charge is -2.15. The Labute approximate surface area is 211 Å². The molecule has 3 aromatic heterocycles. The van der Waals surface area contributed by atoms with Gasteiger partial charge in [0.1, 0.15) is 17.5 Å². The largest absolute Gasteiger partial charge is 0.389 e. The highest BCUT2D eigenvalue weighted by Crippen LogP contribution is 2.34. The van der Waals surface area contributed by atoms with Gasteiger partial charge in [-0.2, -0.15) is 0 Å². The number of aliphatic hydroxyl groups excluding tert-OH is 1. The minimum atomic E-state index is -0.795. The van der Waals surface area contributed by atoms with Crippen molar-refractivity contribution in [1.82, 2.24) is 19.2 Å². The van der Waals surface area contributed by atoms with E-state index in [9.17, 15) is 19.5 Å². The Bertz CT molecular complexity index is 1620. The predicted molar refractivity (Wildman–Crippen MR) is 138 cm³/mol. The number of hydrogen-bond donors (Lipinski definition) is 1. The first-order chi connectivity index (χ1) is 17.2. The van der Waals surface area contributed by atoms with Crippen molar-refractivity contribution in [3.05, 3.63) is 72.9 Å². The number of hydroxylamine groups is 2. The maximum absolute atomic E-state index is 13.7. The number of aliphatic hydroxyl groups is 1. The van der Waals surface area contributed by atoms with Crippen LogP contribution >= 0.6 is 11.3 Å². The molecular formula is C26H28N4O5S. The van der Waals surface area contributed by atoms with E-state index < -0.39 is 23.3 Å². The van der Waals surface area contributed by atoms with Crippen molar-refractivity contribution in [2.75, 3.05) is 13.2 Å². The van der Waals surface area contributed by atoms with Gasteiger partial charge in [-0.25, -0.2) is 9.86 Å². The third kappa shape index (κ3) is 4.15. The molecule has 0 saturated carbocycles. The molecule has 1 aliphatic heterocycles. The molecule has 36 heavy (non-hydrogen) atoms. The van der Waals surface area contributed by atoms with Gasteiger partial charge in [0.15, 0.2) is 0 Å². The van der Waals surface area contributed by atoms with E-state index in [4.69, 9.17) is 4.84 Å². The molecule has 5 rings (SSSR count). The first kappa shape index (κ1) is 24.4. The fraction of sp³-hybridized carbons (Fsp3) is 0.385. The summed E-state index contributed by atoms with van der Waals surface area (Å²) in [5.41, 5.74) is 1.95. The number of amides is 1.